The third-order valence-electron chi connectivity index (χ3n) is 11.2. The quantitative estimate of drug-likeness (QED) is 0.0749. The number of allylic oxidation sites excluding steroid dienone is 3. The summed E-state index contributed by atoms with van der Waals surface area (Å²) in [5.74, 6) is 7.01. The Balaban J connectivity index is 1.14. The van der Waals surface area contributed by atoms with Crippen molar-refractivity contribution in [1.82, 2.24) is 0 Å². The lowest BCUT2D eigenvalue weighted by atomic mass is 9.49. The lowest BCUT2D eigenvalue weighted by Crippen LogP contribution is -2.50. The molecule has 0 radical (unpaired) electrons. The molecule has 4 aliphatic carbocycles. The fourth-order valence-electron chi connectivity index (χ4n) is 9.12. The van der Waals surface area contributed by atoms with Crippen molar-refractivity contribution in [3.8, 4) is 12.3 Å². The zero-order chi connectivity index (χ0) is 26.8. The lowest BCUT2D eigenvalue weighted by Gasteiger charge is -2.55. The van der Waals surface area contributed by atoms with Crippen LogP contribution in [0.2, 0.25) is 0 Å². The number of carbonyl (C=O) groups is 1. The molecular weight excluding hydrogens is 464 g/mol. The Morgan fingerprint density at radius 2 is 1.66 bits per heavy atom. The highest BCUT2D eigenvalue weighted by Crippen LogP contribution is 2.63. The van der Waals surface area contributed by atoms with E-state index in [0.717, 1.165) is 30.6 Å². The molecule has 0 bridgehead atoms. The number of hydrogen-bond acceptors (Lipinski definition) is 2. The number of esters is 1. The van der Waals surface area contributed by atoms with Gasteiger partial charge in [-0.2, -0.15) is 0 Å². The van der Waals surface area contributed by atoms with Crippen LogP contribution in [0.15, 0.2) is 24.3 Å². The van der Waals surface area contributed by atoms with Crippen LogP contribution < -0.4 is 0 Å². The standard InChI is InChI=1S/C36H56O2/c1-4-6-7-8-9-10-11-12-13-14-15-16-17-21-34(37)38-33-25-24-32-30-23-22-29-20-18-19-28(5-2)35(29)31(30)26-27-36(32,33)3/h2,17-19,21,28-33,35H,4,6-16,20,22-27H2,1,3H3/b21-17+/t28?,29?,30-,31+,32+,33+,35+,36+/m1/s1. The zero-order valence-corrected chi connectivity index (χ0v) is 24.7. The minimum Gasteiger partial charge on any atom is -0.459 e. The smallest absolute Gasteiger partial charge is 0.330 e. The number of carbonyl (C=O) groups excluding carboxylic acids is 1. The fraction of sp³-hybridized carbons (Fsp3) is 0.806. The van der Waals surface area contributed by atoms with E-state index in [1.54, 1.807) is 6.08 Å². The second kappa shape index (κ2) is 14.8. The zero-order valence-electron chi connectivity index (χ0n) is 24.7. The molecule has 0 saturated heterocycles. The Bertz CT molecular complexity index is 833. The highest BCUT2D eigenvalue weighted by atomic mass is 16.5. The summed E-state index contributed by atoms with van der Waals surface area (Å²) in [6, 6.07) is 0. The van der Waals surface area contributed by atoms with Crippen LogP contribution in [0.5, 0.6) is 0 Å². The molecule has 0 aromatic heterocycles. The van der Waals surface area contributed by atoms with Crippen molar-refractivity contribution >= 4 is 5.97 Å². The first-order chi connectivity index (χ1) is 18.6. The van der Waals surface area contributed by atoms with Gasteiger partial charge in [-0.3, -0.25) is 0 Å². The van der Waals surface area contributed by atoms with Crippen LogP contribution in [0.25, 0.3) is 0 Å². The summed E-state index contributed by atoms with van der Waals surface area (Å²) in [6.07, 6.45) is 39.0. The molecule has 4 rings (SSSR count). The maximum atomic E-state index is 12.7. The molecule has 2 heteroatoms. The van der Waals surface area contributed by atoms with Crippen molar-refractivity contribution in [3.05, 3.63) is 24.3 Å². The van der Waals surface area contributed by atoms with Crippen LogP contribution in [0, 0.1) is 53.3 Å². The molecule has 0 N–H and O–H groups in total. The Labute approximate surface area is 234 Å². The average Bonchev–Trinajstić information content (AvgIpc) is 3.26. The van der Waals surface area contributed by atoms with Gasteiger partial charge in [0.05, 0.1) is 0 Å². The number of unbranched alkanes of at least 4 members (excludes halogenated alkanes) is 11. The van der Waals surface area contributed by atoms with Gasteiger partial charge in [0.25, 0.3) is 0 Å². The first-order valence-electron chi connectivity index (χ1n) is 16.6. The SMILES string of the molecule is C#CC1C=CCC2CC[C@@H]3[C@H](CC[C@]4(C)[C@@H](OC(=O)/C=C/CCCCCCCCCCCCC)CC[C@@H]34)[C@@H]12. The number of fused-ring (bicyclic) bond motifs is 5. The Morgan fingerprint density at radius 1 is 0.947 bits per heavy atom. The molecule has 2 nitrogen and oxygen atoms in total. The predicted molar refractivity (Wildman–Crippen MR) is 159 cm³/mol. The highest BCUT2D eigenvalue weighted by Gasteiger charge is 2.58. The molecule has 3 fully saturated rings. The molecule has 38 heavy (non-hydrogen) atoms. The minimum absolute atomic E-state index is 0.0833. The molecule has 8 atom stereocenters. The van der Waals surface area contributed by atoms with Gasteiger partial charge in [-0.25, -0.2) is 4.79 Å². The van der Waals surface area contributed by atoms with Crippen LogP contribution >= 0.6 is 0 Å². The van der Waals surface area contributed by atoms with Gasteiger partial charge in [-0.1, -0.05) is 102 Å². The molecule has 0 aromatic rings. The molecule has 4 aliphatic rings. The normalized spacial score (nSPS) is 35.9. The van der Waals surface area contributed by atoms with E-state index in [0.29, 0.717) is 17.8 Å². The lowest BCUT2D eigenvalue weighted by molar-refractivity contribution is -0.154. The summed E-state index contributed by atoms with van der Waals surface area (Å²) in [4.78, 5) is 12.7. The van der Waals surface area contributed by atoms with Gasteiger partial charge in [-0.15, -0.1) is 6.42 Å². The van der Waals surface area contributed by atoms with E-state index < -0.39 is 0 Å². The van der Waals surface area contributed by atoms with Crippen molar-refractivity contribution in [3.63, 3.8) is 0 Å². The van der Waals surface area contributed by atoms with Crippen molar-refractivity contribution in [2.75, 3.05) is 0 Å². The molecule has 0 spiro atoms. The van der Waals surface area contributed by atoms with E-state index in [2.05, 4.69) is 38.0 Å². The predicted octanol–water partition coefficient (Wildman–Crippen LogP) is 9.83. The topological polar surface area (TPSA) is 26.3 Å². The minimum atomic E-state index is -0.115. The highest BCUT2D eigenvalue weighted by molar-refractivity contribution is 5.82. The van der Waals surface area contributed by atoms with Gasteiger partial charge in [0.2, 0.25) is 0 Å². The van der Waals surface area contributed by atoms with Crippen LogP contribution in [-0.2, 0) is 9.53 Å². The number of terminal acetylenes is 1. The van der Waals surface area contributed by atoms with Crippen molar-refractivity contribution < 1.29 is 9.53 Å². The van der Waals surface area contributed by atoms with Crippen molar-refractivity contribution in [1.29, 1.82) is 0 Å². The van der Waals surface area contributed by atoms with Gasteiger partial charge in [0.1, 0.15) is 6.10 Å². The first-order valence-corrected chi connectivity index (χ1v) is 16.6. The molecule has 0 aromatic carbocycles. The summed E-state index contributed by atoms with van der Waals surface area (Å²) in [7, 11) is 0. The second-order valence-electron chi connectivity index (χ2n) is 13.5. The molecule has 0 aliphatic heterocycles. The molecule has 0 heterocycles. The van der Waals surface area contributed by atoms with Gasteiger partial charge in [0.15, 0.2) is 0 Å². The summed E-state index contributed by atoms with van der Waals surface area (Å²) >= 11 is 0. The van der Waals surface area contributed by atoms with E-state index in [9.17, 15) is 4.79 Å². The van der Waals surface area contributed by atoms with Crippen molar-refractivity contribution in [2.24, 2.45) is 40.9 Å². The maximum Gasteiger partial charge on any atom is 0.330 e. The summed E-state index contributed by atoms with van der Waals surface area (Å²) < 4.78 is 6.15. The largest absolute Gasteiger partial charge is 0.459 e. The van der Waals surface area contributed by atoms with Gasteiger partial charge < -0.3 is 4.74 Å². The monoisotopic (exact) mass is 520 g/mol. The van der Waals surface area contributed by atoms with E-state index in [1.807, 2.05) is 0 Å². The van der Waals surface area contributed by atoms with E-state index in [-0.39, 0.29) is 17.5 Å². The molecule has 2 unspecified atom stereocenters. The summed E-state index contributed by atoms with van der Waals surface area (Å²) in [5, 5.41) is 0. The molecule has 3 saturated carbocycles. The van der Waals surface area contributed by atoms with Gasteiger partial charge in [-0.05, 0) is 87.4 Å². The van der Waals surface area contributed by atoms with Crippen molar-refractivity contribution in [2.45, 2.75) is 142 Å². The van der Waals surface area contributed by atoms with Gasteiger partial charge in [0, 0.05) is 17.4 Å². The number of hydrogen-bond donors (Lipinski definition) is 0. The number of rotatable bonds is 14. The fourth-order valence-corrected chi connectivity index (χ4v) is 9.12. The molecule has 0 amide bonds. The van der Waals surface area contributed by atoms with Crippen LogP contribution in [-0.4, -0.2) is 12.1 Å². The Morgan fingerprint density at radius 3 is 2.37 bits per heavy atom. The molecule has 212 valence electrons. The van der Waals surface area contributed by atoms with E-state index in [4.69, 9.17) is 11.2 Å². The second-order valence-corrected chi connectivity index (χ2v) is 13.5. The third-order valence-corrected chi connectivity index (χ3v) is 11.2. The molecular formula is C36H56O2. The Kier molecular flexibility index (Phi) is 11.5. The van der Waals surface area contributed by atoms with E-state index >= 15 is 0 Å². The van der Waals surface area contributed by atoms with Gasteiger partial charge >= 0.3 is 5.97 Å². The van der Waals surface area contributed by atoms with E-state index in [1.165, 1.54) is 109 Å². The average molecular weight is 521 g/mol. The number of ether oxygens (including phenoxy) is 1. The maximum absolute atomic E-state index is 12.7. The Hall–Kier alpha value is -1.49. The summed E-state index contributed by atoms with van der Waals surface area (Å²) in [5.41, 5.74) is 0.143. The van der Waals surface area contributed by atoms with Crippen LogP contribution in [0.1, 0.15) is 136 Å². The van der Waals surface area contributed by atoms with Crippen LogP contribution in [0.3, 0.4) is 0 Å². The third kappa shape index (κ3) is 7.17. The van der Waals surface area contributed by atoms with Crippen LogP contribution in [0.4, 0.5) is 0 Å². The summed E-state index contributed by atoms with van der Waals surface area (Å²) in [6.45, 7) is 4.71. The first kappa shape index (κ1) is 29.5.